The number of carbonyl (C=O) groups excluding carboxylic acids is 2. The van der Waals surface area contributed by atoms with E-state index >= 15 is 0 Å². The van der Waals surface area contributed by atoms with Gasteiger partial charge in [-0.25, -0.2) is 4.39 Å². The van der Waals surface area contributed by atoms with Crippen molar-refractivity contribution in [2.45, 2.75) is 39.2 Å². The van der Waals surface area contributed by atoms with Gasteiger partial charge in [-0.05, 0) is 71.5 Å². The van der Waals surface area contributed by atoms with Crippen LogP contribution in [0.5, 0.6) is 17.2 Å². The van der Waals surface area contributed by atoms with E-state index in [1.165, 1.54) is 50.5 Å². The lowest BCUT2D eigenvalue weighted by Gasteiger charge is -2.27. The highest BCUT2D eigenvalue weighted by molar-refractivity contribution is 6.51. The average Bonchev–Trinajstić information content (AvgIpc) is 3.17. The third-order valence-corrected chi connectivity index (χ3v) is 6.91. The number of hydrogen-bond donors (Lipinski definition) is 1. The molecule has 1 unspecified atom stereocenters. The molecule has 1 N–H and O–H groups in total. The molecule has 0 radical (unpaired) electrons. The molecule has 0 spiro atoms. The van der Waals surface area contributed by atoms with Gasteiger partial charge < -0.3 is 19.3 Å². The van der Waals surface area contributed by atoms with Crippen molar-refractivity contribution < 1.29 is 33.3 Å². The molecule has 204 valence electrons. The summed E-state index contributed by atoms with van der Waals surface area (Å²) < 4.78 is 30.3. The molecule has 1 heterocycles. The average molecular weight is 534 g/mol. The summed E-state index contributed by atoms with van der Waals surface area (Å²) in [5, 5.41) is 11.7. The van der Waals surface area contributed by atoms with Crippen LogP contribution in [0.25, 0.3) is 5.76 Å². The Labute approximate surface area is 227 Å². The maximum Gasteiger partial charge on any atom is 0.300 e. The van der Waals surface area contributed by atoms with Gasteiger partial charge in [0.1, 0.15) is 11.6 Å². The molecule has 1 atom stereocenters. The minimum atomic E-state index is -1.07. The van der Waals surface area contributed by atoms with Crippen molar-refractivity contribution in [2.24, 2.45) is 0 Å². The van der Waals surface area contributed by atoms with E-state index in [0.29, 0.717) is 28.4 Å². The molecule has 0 bridgehead atoms. The van der Waals surface area contributed by atoms with Crippen molar-refractivity contribution in [3.8, 4) is 17.2 Å². The molecular weight excluding hydrogens is 501 g/mol. The molecule has 1 saturated heterocycles. The van der Waals surface area contributed by atoms with Crippen LogP contribution in [0.4, 0.5) is 10.1 Å². The fraction of sp³-hybridized carbons (Fsp3) is 0.290. The quantitative estimate of drug-likeness (QED) is 0.235. The van der Waals surface area contributed by atoms with Crippen molar-refractivity contribution in [2.75, 3.05) is 26.2 Å². The van der Waals surface area contributed by atoms with Gasteiger partial charge >= 0.3 is 0 Å². The highest BCUT2D eigenvalue weighted by Crippen LogP contribution is 2.47. The first-order valence-corrected chi connectivity index (χ1v) is 12.4. The zero-order valence-electron chi connectivity index (χ0n) is 23.1. The first kappa shape index (κ1) is 27.7. The normalized spacial score (nSPS) is 16.9. The van der Waals surface area contributed by atoms with Crippen molar-refractivity contribution in [3.05, 3.63) is 88.2 Å². The largest absolute Gasteiger partial charge is 0.507 e. The molecule has 1 aliphatic rings. The van der Waals surface area contributed by atoms with Crippen LogP contribution in [0.1, 0.15) is 49.1 Å². The van der Waals surface area contributed by atoms with Crippen LogP contribution in [0.3, 0.4) is 0 Å². The number of hydrogen-bond acceptors (Lipinski definition) is 6. The van der Waals surface area contributed by atoms with Gasteiger partial charge in [0.15, 0.2) is 11.5 Å². The standard InChI is InChI=1S/C31H32FNO6/c1-17-8-9-19(31(2,3)4)16-22(17)27(34)25-26(18-14-23(37-5)29(39-7)24(15-18)38-6)33(30(36)28(25)35)21-12-10-20(32)11-13-21/h8-16,26,34H,1-7H3/b27-25+. The molecule has 1 aliphatic heterocycles. The minimum Gasteiger partial charge on any atom is -0.507 e. The third-order valence-electron chi connectivity index (χ3n) is 6.91. The molecule has 7 nitrogen and oxygen atoms in total. The van der Waals surface area contributed by atoms with E-state index in [9.17, 15) is 19.1 Å². The molecule has 0 aromatic heterocycles. The number of amides is 1. The molecule has 8 heteroatoms. The van der Waals surface area contributed by atoms with Gasteiger partial charge in [0.25, 0.3) is 11.7 Å². The second-order valence-electron chi connectivity index (χ2n) is 10.4. The Hall–Kier alpha value is -4.33. The van der Waals surface area contributed by atoms with E-state index in [2.05, 4.69) is 0 Å². The van der Waals surface area contributed by atoms with Gasteiger partial charge in [0, 0.05) is 11.3 Å². The number of halogens is 1. The topological polar surface area (TPSA) is 85.3 Å². The number of benzene rings is 3. The van der Waals surface area contributed by atoms with Crippen LogP contribution in [-0.2, 0) is 15.0 Å². The lowest BCUT2D eigenvalue weighted by Crippen LogP contribution is -2.29. The van der Waals surface area contributed by atoms with E-state index in [0.717, 1.165) is 11.1 Å². The Morgan fingerprint density at radius 1 is 0.897 bits per heavy atom. The van der Waals surface area contributed by atoms with Gasteiger partial charge in [-0.15, -0.1) is 0 Å². The highest BCUT2D eigenvalue weighted by Gasteiger charge is 2.47. The van der Waals surface area contributed by atoms with Crippen LogP contribution in [0.15, 0.2) is 60.2 Å². The SMILES string of the molecule is COc1cc(C2/C(=C(\O)c3cc(C(C)(C)C)ccc3C)C(=O)C(=O)N2c2ccc(F)cc2)cc(OC)c1OC. The van der Waals surface area contributed by atoms with Crippen molar-refractivity contribution in [1.82, 2.24) is 0 Å². The van der Waals surface area contributed by atoms with Crippen LogP contribution in [0, 0.1) is 12.7 Å². The van der Waals surface area contributed by atoms with Crippen LogP contribution >= 0.6 is 0 Å². The van der Waals surface area contributed by atoms with Gasteiger partial charge in [0.2, 0.25) is 5.75 Å². The first-order chi connectivity index (χ1) is 18.4. The van der Waals surface area contributed by atoms with Crippen molar-refractivity contribution in [1.29, 1.82) is 0 Å². The van der Waals surface area contributed by atoms with E-state index in [1.54, 1.807) is 12.1 Å². The molecule has 1 fully saturated rings. The Balaban J connectivity index is 2.05. The summed E-state index contributed by atoms with van der Waals surface area (Å²) in [6, 6.07) is 13.1. The molecular formula is C31H32FNO6. The monoisotopic (exact) mass is 533 g/mol. The number of methoxy groups -OCH3 is 3. The summed E-state index contributed by atoms with van der Waals surface area (Å²) >= 11 is 0. The Bertz CT molecular complexity index is 1440. The molecule has 39 heavy (non-hydrogen) atoms. The first-order valence-electron chi connectivity index (χ1n) is 12.4. The van der Waals surface area contributed by atoms with Crippen LogP contribution in [0.2, 0.25) is 0 Å². The number of nitrogens with zero attached hydrogens (tertiary/aromatic N) is 1. The number of aryl methyl sites for hydroxylation is 1. The fourth-order valence-electron chi connectivity index (χ4n) is 4.76. The molecule has 4 rings (SSSR count). The summed E-state index contributed by atoms with van der Waals surface area (Å²) in [7, 11) is 4.38. The van der Waals surface area contributed by atoms with E-state index in [1.807, 2.05) is 45.9 Å². The number of aliphatic hydroxyl groups excluding tert-OH is 1. The van der Waals surface area contributed by atoms with Gasteiger partial charge in [0.05, 0.1) is 32.9 Å². The Morgan fingerprint density at radius 3 is 2.00 bits per heavy atom. The summed E-state index contributed by atoms with van der Waals surface area (Å²) in [5.41, 5.74) is 2.52. The number of carbonyl (C=O) groups is 2. The lowest BCUT2D eigenvalue weighted by molar-refractivity contribution is -0.132. The predicted octanol–water partition coefficient (Wildman–Crippen LogP) is 6.08. The summed E-state index contributed by atoms with van der Waals surface area (Å²) in [6.07, 6.45) is 0. The second-order valence-corrected chi connectivity index (χ2v) is 10.4. The van der Waals surface area contributed by atoms with Gasteiger partial charge in [-0.3, -0.25) is 14.5 Å². The lowest BCUT2D eigenvalue weighted by atomic mass is 9.84. The van der Waals surface area contributed by atoms with Gasteiger partial charge in [-0.1, -0.05) is 32.9 Å². The Morgan fingerprint density at radius 2 is 1.49 bits per heavy atom. The number of rotatable bonds is 6. The van der Waals surface area contributed by atoms with Crippen LogP contribution in [-0.4, -0.2) is 38.1 Å². The summed E-state index contributed by atoms with van der Waals surface area (Å²) in [6.45, 7) is 7.96. The zero-order chi connectivity index (χ0) is 28.6. The van der Waals surface area contributed by atoms with Crippen molar-refractivity contribution in [3.63, 3.8) is 0 Å². The highest BCUT2D eigenvalue weighted by atomic mass is 19.1. The summed E-state index contributed by atoms with van der Waals surface area (Å²) in [5.74, 6) is -1.57. The molecule has 0 aliphatic carbocycles. The summed E-state index contributed by atoms with van der Waals surface area (Å²) in [4.78, 5) is 28.4. The molecule has 3 aromatic carbocycles. The number of aliphatic hydroxyl groups is 1. The van der Waals surface area contributed by atoms with Gasteiger partial charge in [-0.2, -0.15) is 0 Å². The van der Waals surface area contributed by atoms with E-state index in [-0.39, 0.29) is 22.4 Å². The van der Waals surface area contributed by atoms with E-state index < -0.39 is 23.5 Å². The zero-order valence-corrected chi connectivity index (χ0v) is 23.1. The maximum atomic E-state index is 13.8. The predicted molar refractivity (Wildman–Crippen MR) is 147 cm³/mol. The third kappa shape index (κ3) is 4.94. The number of anilines is 1. The maximum absolute atomic E-state index is 13.8. The minimum absolute atomic E-state index is 0.104. The van der Waals surface area contributed by atoms with Crippen LogP contribution < -0.4 is 19.1 Å². The Kier molecular flexibility index (Phi) is 7.41. The number of ether oxygens (including phenoxy) is 3. The molecule has 1 amide bonds. The molecule has 0 saturated carbocycles. The fourth-order valence-corrected chi connectivity index (χ4v) is 4.76. The van der Waals surface area contributed by atoms with Crippen molar-refractivity contribution >= 4 is 23.1 Å². The molecule has 3 aromatic rings. The van der Waals surface area contributed by atoms with E-state index in [4.69, 9.17) is 14.2 Å². The number of ketones is 1. The smallest absolute Gasteiger partial charge is 0.300 e. The number of Topliss-reactive ketones (excluding diaryl/α,β-unsaturated/α-hetero) is 1. The second kappa shape index (κ2) is 10.4.